The molecule has 0 unspecified atom stereocenters. The number of rotatable bonds is 4. The SMILES string of the molecule is COC(=O)c1ccc(Cl)c(NC(=O)C23C[C@@H]4C[C@@H](C2)CC(c2ccccc2)(C4)C3)c1. The van der Waals surface area contributed by atoms with E-state index in [2.05, 4.69) is 35.6 Å². The Morgan fingerprint density at radius 1 is 1.03 bits per heavy atom. The van der Waals surface area contributed by atoms with E-state index >= 15 is 0 Å². The lowest BCUT2D eigenvalue weighted by Gasteiger charge is -2.61. The van der Waals surface area contributed by atoms with Crippen molar-refractivity contribution in [3.05, 3.63) is 64.7 Å². The highest BCUT2D eigenvalue weighted by Gasteiger charge is 2.60. The van der Waals surface area contributed by atoms with Crippen LogP contribution in [0.2, 0.25) is 5.02 Å². The topological polar surface area (TPSA) is 55.4 Å². The molecule has 6 rings (SSSR count). The Morgan fingerprint density at radius 2 is 1.73 bits per heavy atom. The van der Waals surface area contributed by atoms with Gasteiger partial charge >= 0.3 is 5.97 Å². The summed E-state index contributed by atoms with van der Waals surface area (Å²) in [6.45, 7) is 0. The second-order valence-corrected chi connectivity index (χ2v) is 9.94. The summed E-state index contributed by atoms with van der Waals surface area (Å²) in [7, 11) is 1.34. The molecule has 0 saturated heterocycles. The van der Waals surface area contributed by atoms with Crippen LogP contribution in [0.15, 0.2) is 48.5 Å². The van der Waals surface area contributed by atoms with Crippen LogP contribution in [0.3, 0.4) is 0 Å². The van der Waals surface area contributed by atoms with Gasteiger partial charge in [-0.1, -0.05) is 41.9 Å². The first kappa shape index (κ1) is 19.6. The average Bonchev–Trinajstić information content (AvgIpc) is 2.74. The van der Waals surface area contributed by atoms with Gasteiger partial charge in [-0.25, -0.2) is 4.79 Å². The highest BCUT2D eigenvalue weighted by atomic mass is 35.5. The third kappa shape index (κ3) is 3.13. The first-order valence-corrected chi connectivity index (χ1v) is 11.1. The van der Waals surface area contributed by atoms with Crippen molar-refractivity contribution in [2.24, 2.45) is 17.3 Å². The maximum Gasteiger partial charge on any atom is 0.337 e. The van der Waals surface area contributed by atoms with Crippen LogP contribution < -0.4 is 5.32 Å². The van der Waals surface area contributed by atoms with Gasteiger partial charge < -0.3 is 10.1 Å². The van der Waals surface area contributed by atoms with E-state index in [0.29, 0.717) is 28.1 Å². The number of amides is 1. The molecule has 2 aromatic carbocycles. The van der Waals surface area contributed by atoms with Gasteiger partial charge in [-0.3, -0.25) is 4.79 Å². The summed E-state index contributed by atoms with van der Waals surface area (Å²) >= 11 is 6.35. The van der Waals surface area contributed by atoms with Crippen LogP contribution in [0.4, 0.5) is 5.69 Å². The van der Waals surface area contributed by atoms with Gasteiger partial charge in [-0.2, -0.15) is 0 Å². The molecule has 0 aliphatic heterocycles. The van der Waals surface area contributed by atoms with E-state index in [0.717, 1.165) is 19.3 Å². The van der Waals surface area contributed by atoms with E-state index in [-0.39, 0.29) is 16.7 Å². The molecule has 4 aliphatic rings. The minimum Gasteiger partial charge on any atom is -0.465 e. The van der Waals surface area contributed by atoms with E-state index in [1.54, 1.807) is 18.2 Å². The van der Waals surface area contributed by atoms with Crippen LogP contribution in [0.5, 0.6) is 0 Å². The van der Waals surface area contributed by atoms with Gasteiger partial charge in [0.15, 0.2) is 0 Å². The Kier molecular flexibility index (Phi) is 4.66. The number of methoxy groups -OCH3 is 1. The summed E-state index contributed by atoms with van der Waals surface area (Å²) in [5.41, 5.74) is 1.96. The third-order valence-corrected chi connectivity index (χ3v) is 7.89. The maximum absolute atomic E-state index is 13.7. The molecule has 156 valence electrons. The molecule has 0 heterocycles. The van der Waals surface area contributed by atoms with Gasteiger partial charge in [0.05, 0.1) is 28.8 Å². The molecule has 30 heavy (non-hydrogen) atoms. The van der Waals surface area contributed by atoms with Crippen molar-refractivity contribution >= 4 is 29.2 Å². The lowest BCUT2D eigenvalue weighted by Crippen LogP contribution is -2.58. The Morgan fingerprint density at radius 3 is 2.40 bits per heavy atom. The molecule has 2 aromatic rings. The van der Waals surface area contributed by atoms with Crippen molar-refractivity contribution in [2.45, 2.75) is 43.9 Å². The van der Waals surface area contributed by atoms with Crippen molar-refractivity contribution in [3.8, 4) is 0 Å². The highest BCUT2D eigenvalue weighted by molar-refractivity contribution is 6.34. The van der Waals surface area contributed by atoms with Crippen LogP contribution in [0, 0.1) is 17.3 Å². The van der Waals surface area contributed by atoms with E-state index in [9.17, 15) is 9.59 Å². The molecule has 4 fully saturated rings. The van der Waals surface area contributed by atoms with Gasteiger partial charge in [-0.05, 0) is 79.5 Å². The zero-order valence-corrected chi connectivity index (χ0v) is 17.9. The number of hydrogen-bond acceptors (Lipinski definition) is 3. The molecular weight excluding hydrogens is 398 g/mol. The molecule has 0 spiro atoms. The van der Waals surface area contributed by atoms with Crippen molar-refractivity contribution in [2.75, 3.05) is 12.4 Å². The Labute approximate surface area is 182 Å². The molecule has 1 N–H and O–H groups in total. The van der Waals surface area contributed by atoms with Gasteiger partial charge in [0.2, 0.25) is 5.91 Å². The molecule has 4 bridgehead atoms. The third-order valence-electron chi connectivity index (χ3n) is 7.56. The van der Waals surface area contributed by atoms with Crippen molar-refractivity contribution in [1.29, 1.82) is 0 Å². The quantitative estimate of drug-likeness (QED) is 0.651. The molecule has 4 aliphatic carbocycles. The molecular formula is C25H26ClNO3. The fourth-order valence-corrected chi connectivity index (χ4v) is 6.94. The minimum atomic E-state index is -0.444. The van der Waals surface area contributed by atoms with Gasteiger partial charge in [0, 0.05) is 0 Å². The van der Waals surface area contributed by atoms with E-state index < -0.39 is 5.97 Å². The summed E-state index contributed by atoms with van der Waals surface area (Å²) in [6, 6.07) is 15.6. The monoisotopic (exact) mass is 423 g/mol. The van der Waals surface area contributed by atoms with Crippen LogP contribution in [-0.2, 0) is 14.9 Å². The predicted molar refractivity (Wildman–Crippen MR) is 117 cm³/mol. The van der Waals surface area contributed by atoms with E-state index in [1.807, 2.05) is 0 Å². The second kappa shape index (κ2) is 7.12. The summed E-state index contributed by atoms with van der Waals surface area (Å²) in [6.07, 6.45) is 6.37. The van der Waals surface area contributed by atoms with Gasteiger partial charge in [-0.15, -0.1) is 0 Å². The Hall–Kier alpha value is -2.33. The number of anilines is 1. The number of carbonyl (C=O) groups is 2. The zero-order chi connectivity index (χ0) is 20.9. The zero-order valence-electron chi connectivity index (χ0n) is 17.1. The van der Waals surface area contributed by atoms with Gasteiger partial charge in [0.25, 0.3) is 0 Å². The van der Waals surface area contributed by atoms with Crippen LogP contribution in [-0.4, -0.2) is 19.0 Å². The number of ether oxygens (including phenoxy) is 1. The smallest absolute Gasteiger partial charge is 0.337 e. The summed E-state index contributed by atoms with van der Waals surface area (Å²) in [5, 5.41) is 3.51. The summed E-state index contributed by atoms with van der Waals surface area (Å²) < 4.78 is 4.80. The number of halogens is 1. The number of carbonyl (C=O) groups excluding carboxylic acids is 2. The maximum atomic E-state index is 13.7. The van der Waals surface area contributed by atoms with E-state index in [1.165, 1.54) is 31.9 Å². The van der Waals surface area contributed by atoms with Crippen LogP contribution in [0.25, 0.3) is 0 Å². The number of esters is 1. The van der Waals surface area contributed by atoms with Gasteiger partial charge in [0.1, 0.15) is 0 Å². The molecule has 2 atom stereocenters. The summed E-state index contributed by atoms with van der Waals surface area (Å²) in [4.78, 5) is 25.6. The van der Waals surface area contributed by atoms with E-state index in [4.69, 9.17) is 16.3 Å². The molecule has 4 nitrogen and oxygen atoms in total. The highest BCUT2D eigenvalue weighted by Crippen LogP contribution is 2.66. The van der Waals surface area contributed by atoms with Crippen molar-refractivity contribution < 1.29 is 14.3 Å². The molecule has 1 amide bonds. The second-order valence-electron chi connectivity index (χ2n) is 9.53. The minimum absolute atomic E-state index is 0.0424. The van der Waals surface area contributed by atoms with Crippen LogP contribution >= 0.6 is 11.6 Å². The Bertz CT molecular complexity index is 989. The van der Waals surface area contributed by atoms with Crippen LogP contribution in [0.1, 0.15) is 54.4 Å². The number of nitrogens with one attached hydrogen (secondary N) is 1. The first-order chi connectivity index (χ1) is 14.4. The lowest BCUT2D eigenvalue weighted by atomic mass is 9.42. The fraction of sp³-hybridized carbons (Fsp3) is 0.440. The largest absolute Gasteiger partial charge is 0.465 e. The van der Waals surface area contributed by atoms with Crippen molar-refractivity contribution in [3.63, 3.8) is 0 Å². The normalized spacial score (nSPS) is 31.4. The molecule has 4 saturated carbocycles. The molecule has 0 aromatic heterocycles. The first-order valence-electron chi connectivity index (χ1n) is 10.7. The lowest BCUT2D eigenvalue weighted by molar-refractivity contribution is -0.143. The van der Waals surface area contributed by atoms with Crippen molar-refractivity contribution in [1.82, 2.24) is 0 Å². The predicted octanol–water partition coefficient (Wildman–Crippen LogP) is 5.60. The summed E-state index contributed by atoms with van der Waals surface area (Å²) in [5.74, 6) is 0.781. The molecule has 5 heteroatoms. The Balaban J connectivity index is 1.46. The molecule has 0 radical (unpaired) electrons. The fourth-order valence-electron chi connectivity index (χ4n) is 6.78. The average molecular weight is 424 g/mol. The number of hydrogen-bond donors (Lipinski definition) is 1. The standard InChI is InChI=1S/C25H26ClNO3/c1-30-22(28)18-7-8-20(26)21(10-18)27-23(29)25-13-16-9-17(14-25)12-24(11-16,15-25)19-5-3-2-4-6-19/h2-8,10,16-17H,9,11-15H2,1H3,(H,27,29)/t16-,17-,24?,25?/m1/s1. The number of benzene rings is 2.